The van der Waals surface area contributed by atoms with Crippen molar-refractivity contribution < 1.29 is 19.1 Å². The molecule has 2 saturated heterocycles. The Kier molecular flexibility index (Phi) is 11.9. The first-order valence-electron chi connectivity index (χ1n) is 12.5. The lowest BCUT2D eigenvalue weighted by Crippen LogP contribution is -2.45. The van der Waals surface area contributed by atoms with Crippen LogP contribution in [0.3, 0.4) is 0 Å². The van der Waals surface area contributed by atoms with Gasteiger partial charge in [0, 0.05) is 32.0 Å². The summed E-state index contributed by atoms with van der Waals surface area (Å²) in [5.74, 6) is 1.07. The van der Waals surface area contributed by atoms with E-state index < -0.39 is 6.09 Å². The molecule has 204 valence electrons. The molecule has 2 aliphatic heterocycles. The fourth-order valence-corrected chi connectivity index (χ4v) is 5.21. The highest BCUT2D eigenvalue weighted by atomic mass is 35.5. The number of likely N-dealkylation sites (tertiary alicyclic amines) is 2. The predicted molar refractivity (Wildman–Crippen MR) is 147 cm³/mol. The van der Waals surface area contributed by atoms with Gasteiger partial charge >= 0.3 is 6.09 Å². The molecule has 8 nitrogen and oxygen atoms in total. The maximum Gasteiger partial charge on any atom is 0.407 e. The molecule has 1 aromatic heterocycles. The van der Waals surface area contributed by atoms with Crippen LogP contribution in [0.4, 0.5) is 4.79 Å². The highest BCUT2D eigenvalue weighted by molar-refractivity contribution is 5.86. The molecule has 0 radical (unpaired) electrons. The van der Waals surface area contributed by atoms with Crippen molar-refractivity contribution in [3.05, 3.63) is 59.9 Å². The maximum atomic E-state index is 13.3. The third kappa shape index (κ3) is 7.72. The van der Waals surface area contributed by atoms with Crippen LogP contribution in [0, 0.1) is 5.41 Å². The van der Waals surface area contributed by atoms with Crippen molar-refractivity contribution in [1.29, 1.82) is 0 Å². The summed E-state index contributed by atoms with van der Waals surface area (Å²) < 4.78 is 10.4. The molecule has 1 aromatic carbocycles. The monoisotopic (exact) mass is 552 g/mol. The number of carbonyl (C=O) groups excluding carboxylic acids is 2. The zero-order chi connectivity index (χ0) is 24.7. The van der Waals surface area contributed by atoms with Gasteiger partial charge in [-0.1, -0.05) is 18.2 Å². The van der Waals surface area contributed by atoms with E-state index >= 15 is 0 Å². The highest BCUT2D eigenvalue weighted by Crippen LogP contribution is 2.42. The molecular weight excluding hydrogens is 515 g/mol. The van der Waals surface area contributed by atoms with Crippen molar-refractivity contribution in [2.24, 2.45) is 5.41 Å². The summed E-state index contributed by atoms with van der Waals surface area (Å²) in [5, 5.41) is 3.00. The normalized spacial score (nSPS) is 17.5. The molecule has 10 heteroatoms. The van der Waals surface area contributed by atoms with Gasteiger partial charge in [0.1, 0.15) is 5.75 Å². The second-order valence-corrected chi connectivity index (χ2v) is 9.44. The van der Waals surface area contributed by atoms with Crippen LogP contribution in [-0.2, 0) is 16.1 Å². The SMILES string of the molecule is CCOC(=O)NC(CCN1CCC2(CC1)CCN(Cc1cccnc1)C2=O)c1ccc(OC)cc1.Cl.Cl. The lowest BCUT2D eigenvalue weighted by molar-refractivity contribution is -0.138. The van der Waals surface area contributed by atoms with Crippen LogP contribution in [0.15, 0.2) is 48.8 Å². The number of benzene rings is 1. The van der Waals surface area contributed by atoms with Crippen LogP contribution in [-0.4, -0.2) is 66.7 Å². The number of nitrogens with one attached hydrogen (secondary N) is 1. The number of rotatable bonds is 9. The van der Waals surface area contributed by atoms with Gasteiger partial charge in [-0.25, -0.2) is 4.79 Å². The van der Waals surface area contributed by atoms with Crippen LogP contribution in [0.1, 0.15) is 49.8 Å². The Morgan fingerprint density at radius 1 is 1.11 bits per heavy atom. The van der Waals surface area contributed by atoms with E-state index in [4.69, 9.17) is 9.47 Å². The van der Waals surface area contributed by atoms with E-state index in [9.17, 15) is 9.59 Å². The quantitative estimate of drug-likeness (QED) is 0.488. The zero-order valence-electron chi connectivity index (χ0n) is 21.6. The number of aromatic nitrogens is 1. The number of carbonyl (C=O) groups is 2. The molecule has 0 saturated carbocycles. The Hall–Kier alpha value is -2.55. The first-order chi connectivity index (χ1) is 17.0. The van der Waals surface area contributed by atoms with Crippen molar-refractivity contribution in [3.8, 4) is 5.75 Å². The van der Waals surface area contributed by atoms with Gasteiger partial charge in [0.15, 0.2) is 0 Å². The largest absolute Gasteiger partial charge is 0.497 e. The fraction of sp³-hybridized carbons (Fsp3) is 0.519. The van der Waals surface area contributed by atoms with Crippen molar-refractivity contribution >= 4 is 36.8 Å². The smallest absolute Gasteiger partial charge is 0.407 e. The van der Waals surface area contributed by atoms with Gasteiger partial charge in [-0.05, 0) is 75.0 Å². The minimum atomic E-state index is -0.406. The number of pyridine rings is 1. The summed E-state index contributed by atoms with van der Waals surface area (Å²) in [6.07, 6.45) is 6.65. The molecule has 0 aliphatic carbocycles. The number of ether oxygens (including phenoxy) is 2. The number of halogens is 2. The van der Waals surface area contributed by atoms with Crippen molar-refractivity contribution in [2.75, 3.05) is 39.9 Å². The van der Waals surface area contributed by atoms with Crippen LogP contribution in [0.25, 0.3) is 0 Å². The third-order valence-electron chi connectivity index (χ3n) is 7.33. The number of hydrogen-bond donors (Lipinski definition) is 1. The van der Waals surface area contributed by atoms with Gasteiger partial charge in [-0.3, -0.25) is 9.78 Å². The van der Waals surface area contributed by atoms with Crippen molar-refractivity contribution in [3.63, 3.8) is 0 Å². The van der Waals surface area contributed by atoms with Crippen molar-refractivity contribution in [2.45, 2.75) is 45.2 Å². The summed E-state index contributed by atoms with van der Waals surface area (Å²) >= 11 is 0. The molecule has 2 aromatic rings. The highest BCUT2D eigenvalue weighted by Gasteiger charge is 2.47. The van der Waals surface area contributed by atoms with E-state index in [1.165, 1.54) is 0 Å². The molecule has 2 amide bonds. The Balaban J connectivity index is 0.00000241. The van der Waals surface area contributed by atoms with Crippen LogP contribution < -0.4 is 10.1 Å². The third-order valence-corrected chi connectivity index (χ3v) is 7.33. The van der Waals surface area contributed by atoms with E-state index in [1.807, 2.05) is 47.5 Å². The van der Waals surface area contributed by atoms with E-state index in [1.54, 1.807) is 20.2 Å². The van der Waals surface area contributed by atoms with Gasteiger partial charge in [0.05, 0.1) is 25.2 Å². The van der Waals surface area contributed by atoms with E-state index in [0.717, 1.165) is 68.7 Å². The topological polar surface area (TPSA) is 84.0 Å². The predicted octanol–water partition coefficient (Wildman–Crippen LogP) is 4.63. The Bertz CT molecular complexity index is 986. The van der Waals surface area contributed by atoms with Crippen molar-refractivity contribution in [1.82, 2.24) is 20.1 Å². The molecule has 3 heterocycles. The van der Waals surface area contributed by atoms with Gasteiger partial charge in [0.2, 0.25) is 5.91 Å². The van der Waals surface area contributed by atoms with E-state index in [2.05, 4.69) is 15.2 Å². The maximum absolute atomic E-state index is 13.3. The first kappa shape index (κ1) is 30.7. The summed E-state index contributed by atoms with van der Waals surface area (Å²) in [5.41, 5.74) is 1.87. The Labute approximate surface area is 231 Å². The molecule has 1 N–H and O–H groups in total. The van der Waals surface area contributed by atoms with Crippen LogP contribution >= 0.6 is 24.8 Å². The molecule has 0 bridgehead atoms. The number of nitrogens with zero attached hydrogens (tertiary/aromatic N) is 3. The first-order valence-corrected chi connectivity index (χ1v) is 12.5. The zero-order valence-corrected chi connectivity index (χ0v) is 23.2. The lowest BCUT2D eigenvalue weighted by atomic mass is 9.77. The van der Waals surface area contributed by atoms with Gasteiger partial charge in [0.25, 0.3) is 0 Å². The van der Waals surface area contributed by atoms with Crippen LogP contribution in [0.5, 0.6) is 5.75 Å². The molecular formula is C27H38Cl2N4O4. The molecule has 1 spiro atoms. The lowest BCUT2D eigenvalue weighted by Gasteiger charge is -2.38. The number of piperidine rings is 1. The molecule has 2 fully saturated rings. The number of methoxy groups -OCH3 is 1. The van der Waals surface area contributed by atoms with E-state index in [-0.39, 0.29) is 36.3 Å². The van der Waals surface area contributed by atoms with Gasteiger partial charge < -0.3 is 24.6 Å². The number of alkyl carbamates (subject to hydrolysis) is 1. The number of hydrogen-bond acceptors (Lipinski definition) is 6. The fourth-order valence-electron chi connectivity index (χ4n) is 5.21. The molecule has 2 aliphatic rings. The summed E-state index contributed by atoms with van der Waals surface area (Å²) in [6.45, 7) is 6.21. The molecule has 1 atom stereocenters. The Morgan fingerprint density at radius 2 is 1.81 bits per heavy atom. The second kappa shape index (κ2) is 14.4. The average Bonchev–Trinajstić information content (AvgIpc) is 3.18. The van der Waals surface area contributed by atoms with Crippen LogP contribution in [0.2, 0.25) is 0 Å². The minimum absolute atomic E-state index is 0. The summed E-state index contributed by atoms with van der Waals surface area (Å²) in [4.78, 5) is 34.0. The average molecular weight is 554 g/mol. The minimum Gasteiger partial charge on any atom is -0.497 e. The van der Waals surface area contributed by atoms with Gasteiger partial charge in [-0.2, -0.15) is 0 Å². The molecule has 1 unspecified atom stereocenters. The second-order valence-electron chi connectivity index (χ2n) is 9.44. The molecule has 37 heavy (non-hydrogen) atoms. The summed E-state index contributed by atoms with van der Waals surface area (Å²) in [6, 6.07) is 11.6. The molecule has 4 rings (SSSR count). The Morgan fingerprint density at radius 3 is 2.43 bits per heavy atom. The standard InChI is InChI=1S/C27H36N4O4.2ClH/c1-3-35-26(33)29-24(22-6-8-23(34-2)9-7-22)10-15-30-16-11-27(12-17-30)13-18-31(25(27)32)20-21-5-4-14-28-19-21;;/h4-9,14,19,24H,3,10-13,15-18,20H2,1-2H3,(H,29,33);2*1H. The number of amides is 2. The van der Waals surface area contributed by atoms with Gasteiger partial charge in [-0.15, -0.1) is 24.8 Å². The van der Waals surface area contributed by atoms with E-state index in [0.29, 0.717) is 19.1 Å². The summed E-state index contributed by atoms with van der Waals surface area (Å²) in [7, 11) is 1.64.